The Morgan fingerprint density at radius 3 is 2.39 bits per heavy atom. The molecule has 11 heteroatoms. The van der Waals surface area contributed by atoms with Gasteiger partial charge in [0.1, 0.15) is 5.56 Å². The molecule has 2 aromatic carbocycles. The molecule has 3 rings (SSSR count). The number of para-hydroxylation sites is 1. The third kappa shape index (κ3) is 5.06. The van der Waals surface area contributed by atoms with Gasteiger partial charge in [0.2, 0.25) is 10.0 Å². The van der Waals surface area contributed by atoms with Gasteiger partial charge < -0.3 is 10.1 Å². The SMILES string of the molecule is Cc1cccc(C(=O)OCC(=O)Nc2ccc(S(=O)(=O)N3CCCC3)cc2)c1[N+](=O)[O-]. The van der Waals surface area contributed by atoms with E-state index in [2.05, 4.69) is 5.32 Å². The van der Waals surface area contributed by atoms with Crippen LogP contribution in [-0.4, -0.2) is 49.2 Å². The number of nitrogens with one attached hydrogen (secondary N) is 1. The number of hydrogen-bond donors (Lipinski definition) is 1. The van der Waals surface area contributed by atoms with Gasteiger partial charge in [-0.15, -0.1) is 0 Å². The average molecular weight is 447 g/mol. The number of hydrogen-bond acceptors (Lipinski definition) is 7. The van der Waals surface area contributed by atoms with Crippen molar-refractivity contribution in [2.24, 2.45) is 0 Å². The van der Waals surface area contributed by atoms with Crippen LogP contribution in [0.5, 0.6) is 0 Å². The second kappa shape index (κ2) is 9.23. The van der Waals surface area contributed by atoms with Crippen molar-refractivity contribution in [3.63, 3.8) is 0 Å². The molecule has 1 fully saturated rings. The van der Waals surface area contributed by atoms with E-state index in [1.54, 1.807) is 0 Å². The molecule has 0 saturated carbocycles. The monoisotopic (exact) mass is 447 g/mol. The van der Waals surface area contributed by atoms with Crippen LogP contribution in [0.25, 0.3) is 0 Å². The van der Waals surface area contributed by atoms with E-state index in [-0.39, 0.29) is 16.1 Å². The van der Waals surface area contributed by atoms with E-state index in [0.29, 0.717) is 24.3 Å². The van der Waals surface area contributed by atoms with Crippen LogP contribution in [-0.2, 0) is 19.6 Å². The molecule has 164 valence electrons. The zero-order chi connectivity index (χ0) is 22.6. The summed E-state index contributed by atoms with van der Waals surface area (Å²) < 4.78 is 31.3. The maximum absolute atomic E-state index is 12.5. The van der Waals surface area contributed by atoms with Crippen LogP contribution in [0, 0.1) is 17.0 Å². The molecular weight excluding hydrogens is 426 g/mol. The van der Waals surface area contributed by atoms with E-state index in [0.717, 1.165) is 12.8 Å². The second-order valence-electron chi connectivity index (χ2n) is 6.99. The van der Waals surface area contributed by atoms with Crippen LogP contribution in [0.2, 0.25) is 0 Å². The van der Waals surface area contributed by atoms with Crippen LogP contribution in [0.1, 0.15) is 28.8 Å². The minimum Gasteiger partial charge on any atom is -0.452 e. The highest BCUT2D eigenvalue weighted by Gasteiger charge is 2.27. The highest BCUT2D eigenvalue weighted by atomic mass is 32.2. The number of carbonyl (C=O) groups is 2. The minimum absolute atomic E-state index is 0.130. The van der Waals surface area contributed by atoms with Crippen molar-refractivity contribution in [3.8, 4) is 0 Å². The molecule has 1 aliphatic heterocycles. The fraction of sp³-hybridized carbons (Fsp3) is 0.300. The fourth-order valence-corrected chi connectivity index (χ4v) is 4.78. The van der Waals surface area contributed by atoms with Crippen molar-refractivity contribution in [1.82, 2.24) is 4.31 Å². The summed E-state index contributed by atoms with van der Waals surface area (Å²) in [7, 11) is -3.55. The number of nitro groups is 1. The number of ether oxygens (including phenoxy) is 1. The predicted molar refractivity (Wildman–Crippen MR) is 111 cm³/mol. The summed E-state index contributed by atoms with van der Waals surface area (Å²) in [6, 6.07) is 9.90. The molecule has 0 unspecified atom stereocenters. The lowest BCUT2D eigenvalue weighted by atomic mass is 10.1. The Labute approximate surface area is 179 Å². The topological polar surface area (TPSA) is 136 Å². The molecule has 0 spiro atoms. The summed E-state index contributed by atoms with van der Waals surface area (Å²) >= 11 is 0. The number of anilines is 1. The van der Waals surface area contributed by atoms with E-state index >= 15 is 0 Å². The number of esters is 1. The van der Waals surface area contributed by atoms with E-state index in [1.165, 1.54) is 53.7 Å². The first kappa shape index (κ1) is 22.4. The molecule has 0 atom stereocenters. The molecule has 0 radical (unpaired) electrons. The summed E-state index contributed by atoms with van der Waals surface area (Å²) in [5.74, 6) is -1.66. The lowest BCUT2D eigenvalue weighted by Crippen LogP contribution is -2.27. The van der Waals surface area contributed by atoms with Crippen LogP contribution in [0.4, 0.5) is 11.4 Å². The summed E-state index contributed by atoms with van der Waals surface area (Å²) in [6.45, 7) is 1.82. The molecule has 31 heavy (non-hydrogen) atoms. The Balaban J connectivity index is 1.60. The number of nitrogens with zero attached hydrogens (tertiary/aromatic N) is 2. The summed E-state index contributed by atoms with van der Waals surface area (Å²) in [6.07, 6.45) is 1.66. The molecule has 10 nitrogen and oxygen atoms in total. The zero-order valence-corrected chi connectivity index (χ0v) is 17.6. The van der Waals surface area contributed by atoms with E-state index < -0.39 is 33.4 Å². The van der Waals surface area contributed by atoms with E-state index in [4.69, 9.17) is 4.74 Å². The van der Waals surface area contributed by atoms with Gasteiger partial charge in [0.05, 0.1) is 9.82 Å². The number of amides is 1. The fourth-order valence-electron chi connectivity index (χ4n) is 3.26. The van der Waals surface area contributed by atoms with Gasteiger partial charge in [0, 0.05) is 24.3 Å². The highest BCUT2D eigenvalue weighted by molar-refractivity contribution is 7.89. The van der Waals surface area contributed by atoms with Gasteiger partial charge in [-0.1, -0.05) is 12.1 Å². The Bertz CT molecular complexity index is 1110. The van der Waals surface area contributed by atoms with Crippen LogP contribution in [0.15, 0.2) is 47.4 Å². The normalized spacial score (nSPS) is 14.2. The van der Waals surface area contributed by atoms with Gasteiger partial charge in [-0.3, -0.25) is 14.9 Å². The number of nitro benzene ring substituents is 1. The van der Waals surface area contributed by atoms with Crippen molar-refractivity contribution >= 4 is 33.3 Å². The minimum atomic E-state index is -3.55. The van der Waals surface area contributed by atoms with Crippen molar-refractivity contribution in [1.29, 1.82) is 0 Å². The molecule has 1 aliphatic rings. The van der Waals surface area contributed by atoms with Crippen LogP contribution in [0.3, 0.4) is 0 Å². The Kier molecular flexibility index (Phi) is 6.66. The lowest BCUT2D eigenvalue weighted by molar-refractivity contribution is -0.385. The first-order valence-corrected chi connectivity index (χ1v) is 11.0. The molecular formula is C20H21N3O7S. The van der Waals surface area contributed by atoms with Gasteiger partial charge >= 0.3 is 5.97 Å². The first-order valence-electron chi connectivity index (χ1n) is 9.51. The average Bonchev–Trinajstić information content (AvgIpc) is 3.28. The molecule has 1 amide bonds. The number of aryl methyl sites for hydroxylation is 1. The van der Waals surface area contributed by atoms with Gasteiger partial charge in [0.25, 0.3) is 11.6 Å². The first-order chi connectivity index (χ1) is 14.7. The van der Waals surface area contributed by atoms with Gasteiger partial charge in [-0.25, -0.2) is 13.2 Å². The Hall–Kier alpha value is -3.31. The maximum atomic E-state index is 12.5. The standard InChI is InChI=1S/C20H21N3O7S/c1-14-5-4-6-17(19(14)23(26)27)20(25)30-13-18(24)21-15-7-9-16(10-8-15)31(28,29)22-11-2-3-12-22/h4-10H,2-3,11-13H2,1H3,(H,21,24). The van der Waals surface area contributed by atoms with Gasteiger partial charge in [-0.05, 0) is 50.1 Å². The van der Waals surface area contributed by atoms with E-state index in [9.17, 15) is 28.1 Å². The quantitative estimate of drug-likeness (QED) is 0.391. The van der Waals surface area contributed by atoms with Gasteiger partial charge in [-0.2, -0.15) is 4.31 Å². The largest absolute Gasteiger partial charge is 0.452 e. The number of benzene rings is 2. The Morgan fingerprint density at radius 2 is 1.77 bits per heavy atom. The molecule has 1 heterocycles. The number of sulfonamides is 1. The van der Waals surface area contributed by atoms with E-state index in [1.807, 2.05) is 0 Å². The summed E-state index contributed by atoms with van der Waals surface area (Å²) in [5.41, 5.74) is 0.00723. The predicted octanol–water partition coefficient (Wildman–Crippen LogP) is 2.48. The van der Waals surface area contributed by atoms with Crippen molar-refractivity contribution in [2.45, 2.75) is 24.7 Å². The number of rotatable bonds is 7. The zero-order valence-electron chi connectivity index (χ0n) is 16.7. The van der Waals surface area contributed by atoms with Crippen molar-refractivity contribution in [2.75, 3.05) is 25.0 Å². The smallest absolute Gasteiger partial charge is 0.345 e. The van der Waals surface area contributed by atoms with Gasteiger partial charge in [0.15, 0.2) is 6.61 Å². The Morgan fingerprint density at radius 1 is 1.13 bits per heavy atom. The molecule has 0 aliphatic carbocycles. The van der Waals surface area contributed by atoms with Crippen LogP contribution >= 0.6 is 0 Å². The summed E-state index contributed by atoms with van der Waals surface area (Å²) in [5, 5.41) is 13.7. The van der Waals surface area contributed by atoms with Crippen molar-refractivity contribution < 1.29 is 27.7 Å². The molecule has 0 bridgehead atoms. The van der Waals surface area contributed by atoms with Crippen LogP contribution < -0.4 is 5.32 Å². The third-order valence-corrected chi connectivity index (χ3v) is 6.73. The summed E-state index contributed by atoms with van der Waals surface area (Å²) in [4.78, 5) is 34.9. The lowest BCUT2D eigenvalue weighted by Gasteiger charge is -2.15. The van der Waals surface area contributed by atoms with Crippen molar-refractivity contribution in [3.05, 3.63) is 63.7 Å². The third-order valence-electron chi connectivity index (χ3n) is 4.82. The second-order valence-corrected chi connectivity index (χ2v) is 8.93. The molecule has 0 aromatic heterocycles. The molecule has 1 N–H and O–H groups in total. The molecule has 1 saturated heterocycles. The maximum Gasteiger partial charge on any atom is 0.345 e. The molecule has 2 aromatic rings. The number of carbonyl (C=O) groups excluding carboxylic acids is 2. The highest BCUT2D eigenvalue weighted by Crippen LogP contribution is 2.24.